The molecule has 0 radical (unpaired) electrons. The number of amides is 1. The highest BCUT2D eigenvalue weighted by Crippen LogP contribution is 2.19. The maximum Gasteiger partial charge on any atom is 0.264 e. The summed E-state index contributed by atoms with van der Waals surface area (Å²) in [7, 11) is 0. The lowest BCUT2D eigenvalue weighted by atomic mass is 10.1. The van der Waals surface area contributed by atoms with Crippen molar-refractivity contribution >= 4 is 22.4 Å². The second kappa shape index (κ2) is 8.45. The Morgan fingerprint density at radius 3 is 2.80 bits per heavy atom. The number of ether oxygens (including phenoxy) is 1. The van der Waals surface area contributed by atoms with Crippen molar-refractivity contribution in [3.8, 4) is 5.75 Å². The molecule has 0 unspecified atom stereocenters. The average Bonchev–Trinajstić information content (AvgIpc) is 3.03. The summed E-state index contributed by atoms with van der Waals surface area (Å²) in [6.07, 6.45) is 3.86. The summed E-state index contributed by atoms with van der Waals surface area (Å²) < 4.78 is 5.56. The zero-order valence-electron chi connectivity index (χ0n) is 14.9. The van der Waals surface area contributed by atoms with Crippen LogP contribution in [0.2, 0.25) is 0 Å². The molecule has 0 saturated carbocycles. The Bertz CT molecular complexity index is 723. The van der Waals surface area contributed by atoms with Crippen LogP contribution < -0.4 is 10.1 Å². The second-order valence-electron chi connectivity index (χ2n) is 6.56. The predicted octanol–water partition coefficient (Wildman–Crippen LogP) is 3.76. The van der Waals surface area contributed by atoms with Gasteiger partial charge in [-0.2, -0.15) is 0 Å². The summed E-state index contributed by atoms with van der Waals surface area (Å²) in [5.74, 6) is 0.528. The Hall–Kier alpha value is -1.92. The molecule has 2 heterocycles. The van der Waals surface area contributed by atoms with Crippen molar-refractivity contribution in [2.45, 2.75) is 39.7 Å². The van der Waals surface area contributed by atoms with Gasteiger partial charge in [-0.25, -0.2) is 4.98 Å². The molecule has 0 spiro atoms. The van der Waals surface area contributed by atoms with Gasteiger partial charge in [-0.1, -0.05) is 12.5 Å². The molecule has 1 aromatic carbocycles. The molecule has 0 bridgehead atoms. The number of nitrogens with zero attached hydrogens (tertiary/aromatic N) is 2. The van der Waals surface area contributed by atoms with Gasteiger partial charge in [-0.3, -0.25) is 15.0 Å². The van der Waals surface area contributed by atoms with E-state index in [1.807, 2.05) is 30.5 Å². The first kappa shape index (κ1) is 17.9. The summed E-state index contributed by atoms with van der Waals surface area (Å²) in [5, 5.41) is 5.48. The predicted molar refractivity (Wildman–Crippen MR) is 101 cm³/mol. The van der Waals surface area contributed by atoms with Crippen molar-refractivity contribution in [3.63, 3.8) is 0 Å². The average molecular weight is 359 g/mol. The molecule has 0 atom stereocenters. The molecule has 1 aliphatic rings. The van der Waals surface area contributed by atoms with Crippen LogP contribution >= 0.6 is 11.3 Å². The van der Waals surface area contributed by atoms with Crippen LogP contribution in [0.25, 0.3) is 0 Å². The van der Waals surface area contributed by atoms with Crippen LogP contribution in [-0.4, -0.2) is 35.5 Å². The van der Waals surface area contributed by atoms with E-state index in [2.05, 4.69) is 22.1 Å². The van der Waals surface area contributed by atoms with E-state index in [0.29, 0.717) is 10.9 Å². The van der Waals surface area contributed by atoms with E-state index in [-0.39, 0.29) is 12.5 Å². The molecule has 6 heteroatoms. The van der Waals surface area contributed by atoms with E-state index in [0.717, 1.165) is 30.9 Å². The van der Waals surface area contributed by atoms with E-state index in [1.54, 1.807) is 0 Å². The molecule has 0 aliphatic carbocycles. The van der Waals surface area contributed by atoms with Crippen LogP contribution in [0.3, 0.4) is 0 Å². The highest BCUT2D eigenvalue weighted by Gasteiger charge is 2.13. The molecule has 1 fully saturated rings. The minimum atomic E-state index is -0.183. The number of thiazole rings is 1. The van der Waals surface area contributed by atoms with Crippen molar-refractivity contribution < 1.29 is 9.53 Å². The SMILES string of the molecule is Cc1ccc(OCC(=O)Nc2nc(CN3CCCCC3)cs2)cc1C. The quantitative estimate of drug-likeness (QED) is 0.853. The van der Waals surface area contributed by atoms with Gasteiger partial charge in [0.25, 0.3) is 5.91 Å². The number of carbonyl (C=O) groups is 1. The van der Waals surface area contributed by atoms with Crippen molar-refractivity contribution in [1.29, 1.82) is 0 Å². The first-order chi connectivity index (χ1) is 12.1. The van der Waals surface area contributed by atoms with Crippen molar-refractivity contribution in [2.75, 3.05) is 25.0 Å². The van der Waals surface area contributed by atoms with Crippen molar-refractivity contribution in [3.05, 3.63) is 40.4 Å². The molecular formula is C19H25N3O2S. The summed E-state index contributed by atoms with van der Waals surface area (Å²) in [6, 6.07) is 5.83. The largest absolute Gasteiger partial charge is 0.484 e. The first-order valence-corrected chi connectivity index (χ1v) is 9.65. The van der Waals surface area contributed by atoms with Crippen LogP contribution in [0.5, 0.6) is 5.75 Å². The lowest BCUT2D eigenvalue weighted by Crippen LogP contribution is -2.29. The zero-order chi connectivity index (χ0) is 17.6. The Labute approximate surface area is 153 Å². The fourth-order valence-electron chi connectivity index (χ4n) is 2.89. The van der Waals surface area contributed by atoms with Gasteiger partial charge in [0, 0.05) is 11.9 Å². The van der Waals surface area contributed by atoms with E-state index in [1.165, 1.54) is 36.2 Å². The third kappa shape index (κ3) is 5.28. The number of anilines is 1. The third-order valence-corrected chi connectivity index (χ3v) is 5.29. The van der Waals surface area contributed by atoms with Crippen LogP contribution in [-0.2, 0) is 11.3 Å². The Morgan fingerprint density at radius 2 is 2.04 bits per heavy atom. The van der Waals surface area contributed by atoms with Gasteiger partial charge in [0.05, 0.1) is 5.69 Å². The summed E-state index contributed by atoms with van der Waals surface area (Å²) in [5.41, 5.74) is 3.39. The number of likely N-dealkylation sites (tertiary alicyclic amines) is 1. The maximum atomic E-state index is 12.1. The highest BCUT2D eigenvalue weighted by molar-refractivity contribution is 7.13. The van der Waals surface area contributed by atoms with Crippen molar-refractivity contribution in [2.24, 2.45) is 0 Å². The van der Waals surface area contributed by atoms with Gasteiger partial charge in [-0.15, -0.1) is 11.3 Å². The molecule has 1 aliphatic heterocycles. The highest BCUT2D eigenvalue weighted by atomic mass is 32.1. The van der Waals surface area contributed by atoms with Crippen LogP contribution in [0.15, 0.2) is 23.6 Å². The molecule has 1 amide bonds. The molecule has 134 valence electrons. The molecule has 3 rings (SSSR count). The third-order valence-electron chi connectivity index (χ3n) is 4.48. The summed E-state index contributed by atoms with van der Waals surface area (Å²) in [6.45, 7) is 7.22. The molecule has 1 N–H and O–H groups in total. The number of aryl methyl sites for hydroxylation is 2. The fourth-order valence-corrected chi connectivity index (χ4v) is 3.61. The number of aromatic nitrogens is 1. The molecular weight excluding hydrogens is 334 g/mol. The lowest BCUT2D eigenvalue weighted by Gasteiger charge is -2.25. The summed E-state index contributed by atoms with van der Waals surface area (Å²) >= 11 is 1.47. The van der Waals surface area contributed by atoms with Gasteiger partial charge < -0.3 is 4.74 Å². The van der Waals surface area contributed by atoms with E-state index in [4.69, 9.17) is 4.74 Å². The second-order valence-corrected chi connectivity index (χ2v) is 7.42. The number of piperidine rings is 1. The Kier molecular flexibility index (Phi) is 6.04. The molecule has 1 saturated heterocycles. The standard InChI is InChI=1S/C19H25N3O2S/c1-14-6-7-17(10-15(14)2)24-12-18(23)21-19-20-16(13-25-19)11-22-8-4-3-5-9-22/h6-7,10,13H,3-5,8-9,11-12H2,1-2H3,(H,20,21,23). The minimum absolute atomic E-state index is 0.0104. The first-order valence-electron chi connectivity index (χ1n) is 8.77. The van der Waals surface area contributed by atoms with Gasteiger partial charge >= 0.3 is 0 Å². The molecule has 5 nitrogen and oxygen atoms in total. The van der Waals surface area contributed by atoms with E-state index >= 15 is 0 Å². The van der Waals surface area contributed by atoms with E-state index in [9.17, 15) is 4.79 Å². The molecule has 2 aromatic rings. The van der Waals surface area contributed by atoms with Gasteiger partial charge in [0.1, 0.15) is 5.75 Å². The molecule has 25 heavy (non-hydrogen) atoms. The lowest BCUT2D eigenvalue weighted by molar-refractivity contribution is -0.118. The topological polar surface area (TPSA) is 54.5 Å². The smallest absolute Gasteiger partial charge is 0.264 e. The Balaban J connectivity index is 1.46. The zero-order valence-corrected chi connectivity index (χ0v) is 15.7. The summed E-state index contributed by atoms with van der Waals surface area (Å²) in [4.78, 5) is 19.0. The van der Waals surface area contributed by atoms with Gasteiger partial charge in [0.2, 0.25) is 0 Å². The minimum Gasteiger partial charge on any atom is -0.484 e. The number of benzene rings is 1. The van der Waals surface area contributed by atoms with E-state index < -0.39 is 0 Å². The van der Waals surface area contributed by atoms with Crippen LogP contribution in [0, 0.1) is 13.8 Å². The Morgan fingerprint density at radius 1 is 1.24 bits per heavy atom. The normalized spacial score (nSPS) is 15.1. The fraction of sp³-hybridized carbons (Fsp3) is 0.474. The number of hydrogen-bond acceptors (Lipinski definition) is 5. The maximum absolute atomic E-state index is 12.1. The number of hydrogen-bond donors (Lipinski definition) is 1. The van der Waals surface area contributed by atoms with Gasteiger partial charge in [-0.05, 0) is 63.0 Å². The van der Waals surface area contributed by atoms with Crippen molar-refractivity contribution in [1.82, 2.24) is 9.88 Å². The van der Waals surface area contributed by atoms with Crippen LogP contribution in [0.1, 0.15) is 36.1 Å². The number of rotatable bonds is 6. The van der Waals surface area contributed by atoms with Crippen LogP contribution in [0.4, 0.5) is 5.13 Å². The number of nitrogens with one attached hydrogen (secondary N) is 1. The monoisotopic (exact) mass is 359 g/mol. The molecule has 1 aromatic heterocycles. The van der Waals surface area contributed by atoms with Gasteiger partial charge in [0.15, 0.2) is 11.7 Å². The number of carbonyl (C=O) groups excluding carboxylic acids is 1.